The highest BCUT2D eigenvalue weighted by atomic mass is 32.1. The van der Waals surface area contributed by atoms with Crippen LogP contribution in [0.1, 0.15) is 36.6 Å². The fourth-order valence-electron chi connectivity index (χ4n) is 2.56. The number of ether oxygens (including phenoxy) is 1. The van der Waals surface area contributed by atoms with Crippen LogP contribution in [-0.4, -0.2) is 54.7 Å². The van der Waals surface area contributed by atoms with Gasteiger partial charge in [0.05, 0.1) is 13.2 Å². The number of carbonyl (C=O) groups is 1. The summed E-state index contributed by atoms with van der Waals surface area (Å²) in [5.74, 6) is 0.776. The van der Waals surface area contributed by atoms with E-state index in [2.05, 4.69) is 27.5 Å². The molecule has 2 N–H and O–H groups in total. The van der Waals surface area contributed by atoms with Crippen molar-refractivity contribution in [1.29, 1.82) is 0 Å². The van der Waals surface area contributed by atoms with Crippen molar-refractivity contribution >= 4 is 23.4 Å². The average Bonchev–Trinajstić information content (AvgIpc) is 3.07. The maximum atomic E-state index is 11.7. The zero-order valence-electron chi connectivity index (χ0n) is 14.7. The number of carbonyl (C=O) groups excluding carboxylic acids is 1. The Kier molecular flexibility index (Phi) is 7.30. The summed E-state index contributed by atoms with van der Waals surface area (Å²) in [6.45, 7) is 6.47. The molecule has 8 heteroatoms. The number of aryl methyl sites for hydroxylation is 1. The Hall–Kier alpha value is -1.83. The molecule has 1 aliphatic rings. The first kappa shape index (κ1) is 18.5. The van der Waals surface area contributed by atoms with E-state index in [1.54, 1.807) is 23.3 Å². The maximum Gasteiger partial charge on any atom is 0.409 e. The molecule has 1 aliphatic heterocycles. The molecule has 1 aromatic heterocycles. The Bertz CT molecular complexity index is 552. The summed E-state index contributed by atoms with van der Waals surface area (Å²) >= 11 is 1.73. The molecule has 1 aromatic rings. The number of nitrogens with zero attached hydrogens (tertiary/aromatic N) is 3. The second-order valence-corrected chi connectivity index (χ2v) is 6.80. The van der Waals surface area contributed by atoms with E-state index in [1.165, 1.54) is 4.88 Å². The lowest BCUT2D eigenvalue weighted by molar-refractivity contribution is 0.0963. The number of nitrogens with one attached hydrogen (secondary N) is 2. The van der Waals surface area contributed by atoms with Crippen LogP contribution in [0.3, 0.4) is 0 Å². The first-order valence-electron chi connectivity index (χ1n) is 8.48. The Morgan fingerprint density at radius 2 is 2.21 bits per heavy atom. The summed E-state index contributed by atoms with van der Waals surface area (Å²) < 4.78 is 5.04. The van der Waals surface area contributed by atoms with Crippen molar-refractivity contribution in [2.45, 2.75) is 45.7 Å². The normalized spacial score (nSPS) is 16.1. The van der Waals surface area contributed by atoms with E-state index in [1.807, 2.05) is 13.1 Å². The lowest BCUT2D eigenvalue weighted by Crippen LogP contribution is -2.49. The van der Waals surface area contributed by atoms with Gasteiger partial charge in [-0.15, -0.1) is 11.3 Å². The predicted octanol–water partition coefficient (Wildman–Crippen LogP) is 1.99. The standard InChI is InChI=1S/C16H27N5O2S/c1-4-13-10-18-14(24-13)11-19-15(17-3)20-12-6-8-21(9-7-12)16(22)23-5-2/h10,12H,4-9,11H2,1-3H3,(H2,17,19,20). The maximum absolute atomic E-state index is 11.7. The summed E-state index contributed by atoms with van der Waals surface area (Å²) in [5, 5.41) is 7.79. The predicted molar refractivity (Wildman–Crippen MR) is 96.4 cm³/mol. The highest BCUT2D eigenvalue weighted by molar-refractivity contribution is 7.11. The summed E-state index contributed by atoms with van der Waals surface area (Å²) in [4.78, 5) is 23.4. The van der Waals surface area contributed by atoms with Crippen LogP contribution in [-0.2, 0) is 17.7 Å². The summed E-state index contributed by atoms with van der Waals surface area (Å²) in [7, 11) is 1.77. The van der Waals surface area contributed by atoms with Gasteiger partial charge in [0, 0.05) is 37.3 Å². The van der Waals surface area contributed by atoms with Gasteiger partial charge in [0.1, 0.15) is 5.01 Å². The molecule has 1 amide bonds. The zero-order valence-corrected chi connectivity index (χ0v) is 15.5. The van der Waals surface area contributed by atoms with Gasteiger partial charge in [-0.05, 0) is 26.2 Å². The SMILES string of the molecule is CCOC(=O)N1CCC(NC(=NC)NCc2ncc(CC)s2)CC1. The van der Waals surface area contributed by atoms with Gasteiger partial charge in [-0.1, -0.05) is 6.92 Å². The van der Waals surface area contributed by atoms with Gasteiger partial charge in [-0.25, -0.2) is 9.78 Å². The molecule has 2 rings (SSSR count). The molecule has 0 aliphatic carbocycles. The number of hydrogen-bond acceptors (Lipinski definition) is 5. The molecule has 134 valence electrons. The van der Waals surface area contributed by atoms with Crippen LogP contribution in [0.5, 0.6) is 0 Å². The molecule has 0 spiro atoms. The van der Waals surface area contributed by atoms with E-state index in [0.717, 1.165) is 30.2 Å². The molecule has 0 radical (unpaired) electrons. The highest BCUT2D eigenvalue weighted by Gasteiger charge is 2.24. The fourth-order valence-corrected chi connectivity index (χ4v) is 3.36. The van der Waals surface area contributed by atoms with Crippen molar-refractivity contribution in [1.82, 2.24) is 20.5 Å². The number of thiazole rings is 1. The molecule has 0 unspecified atom stereocenters. The molecular weight excluding hydrogens is 326 g/mol. The molecule has 2 heterocycles. The minimum atomic E-state index is -0.214. The third kappa shape index (κ3) is 5.36. The minimum absolute atomic E-state index is 0.214. The number of rotatable bonds is 5. The Balaban J connectivity index is 1.74. The van der Waals surface area contributed by atoms with Crippen LogP contribution in [0.25, 0.3) is 0 Å². The largest absolute Gasteiger partial charge is 0.450 e. The van der Waals surface area contributed by atoms with E-state index >= 15 is 0 Å². The quantitative estimate of drug-likeness (QED) is 0.625. The number of aliphatic imine (C=N–C) groups is 1. The third-order valence-corrected chi connectivity index (χ3v) is 5.08. The Morgan fingerprint density at radius 3 is 2.79 bits per heavy atom. The zero-order chi connectivity index (χ0) is 17.4. The van der Waals surface area contributed by atoms with Crippen LogP contribution in [0.15, 0.2) is 11.2 Å². The second kappa shape index (κ2) is 9.46. The molecular formula is C16H27N5O2S. The minimum Gasteiger partial charge on any atom is -0.450 e. The number of hydrogen-bond donors (Lipinski definition) is 2. The van der Waals surface area contributed by atoms with Crippen LogP contribution >= 0.6 is 11.3 Å². The first-order valence-corrected chi connectivity index (χ1v) is 9.30. The van der Waals surface area contributed by atoms with Crippen LogP contribution in [0.4, 0.5) is 4.79 Å². The monoisotopic (exact) mass is 353 g/mol. The highest BCUT2D eigenvalue weighted by Crippen LogP contribution is 2.13. The third-order valence-electron chi connectivity index (χ3n) is 3.94. The van der Waals surface area contributed by atoms with Crippen molar-refractivity contribution in [2.75, 3.05) is 26.7 Å². The topological polar surface area (TPSA) is 78.8 Å². The molecule has 0 bridgehead atoms. The number of amides is 1. The van der Waals surface area contributed by atoms with Crippen LogP contribution < -0.4 is 10.6 Å². The van der Waals surface area contributed by atoms with Gasteiger partial charge in [0.25, 0.3) is 0 Å². The Morgan fingerprint density at radius 1 is 1.46 bits per heavy atom. The second-order valence-electron chi connectivity index (χ2n) is 5.60. The van der Waals surface area contributed by atoms with E-state index in [9.17, 15) is 4.79 Å². The summed E-state index contributed by atoms with van der Waals surface area (Å²) in [5.41, 5.74) is 0. The van der Waals surface area contributed by atoms with Gasteiger partial charge in [-0.2, -0.15) is 0 Å². The van der Waals surface area contributed by atoms with Crippen LogP contribution in [0, 0.1) is 0 Å². The number of likely N-dealkylation sites (tertiary alicyclic amines) is 1. The molecule has 1 fully saturated rings. The molecule has 7 nitrogen and oxygen atoms in total. The van der Waals surface area contributed by atoms with E-state index in [-0.39, 0.29) is 6.09 Å². The lowest BCUT2D eigenvalue weighted by Gasteiger charge is -2.32. The molecule has 0 saturated carbocycles. The number of aromatic nitrogens is 1. The smallest absolute Gasteiger partial charge is 0.409 e. The van der Waals surface area contributed by atoms with Crippen molar-refractivity contribution in [3.05, 3.63) is 16.1 Å². The van der Waals surface area contributed by atoms with E-state index in [0.29, 0.717) is 32.3 Å². The van der Waals surface area contributed by atoms with Crippen molar-refractivity contribution in [3.63, 3.8) is 0 Å². The van der Waals surface area contributed by atoms with Gasteiger partial charge >= 0.3 is 6.09 Å². The summed E-state index contributed by atoms with van der Waals surface area (Å²) in [6.07, 6.45) is 4.51. The number of piperidine rings is 1. The van der Waals surface area contributed by atoms with Gasteiger partial charge in [0.2, 0.25) is 0 Å². The number of guanidine groups is 1. The van der Waals surface area contributed by atoms with Crippen molar-refractivity contribution < 1.29 is 9.53 Å². The molecule has 24 heavy (non-hydrogen) atoms. The molecule has 1 saturated heterocycles. The van der Waals surface area contributed by atoms with Crippen molar-refractivity contribution in [2.24, 2.45) is 4.99 Å². The molecule has 0 aromatic carbocycles. The Labute approximate surface area is 147 Å². The van der Waals surface area contributed by atoms with Crippen molar-refractivity contribution in [3.8, 4) is 0 Å². The van der Waals surface area contributed by atoms with Gasteiger partial charge in [-0.3, -0.25) is 4.99 Å². The van der Waals surface area contributed by atoms with Gasteiger partial charge < -0.3 is 20.3 Å². The first-order chi connectivity index (χ1) is 11.7. The van der Waals surface area contributed by atoms with E-state index in [4.69, 9.17) is 4.74 Å². The van der Waals surface area contributed by atoms with Crippen LogP contribution in [0.2, 0.25) is 0 Å². The molecule has 0 atom stereocenters. The summed E-state index contributed by atoms with van der Waals surface area (Å²) in [6, 6.07) is 0.310. The average molecular weight is 353 g/mol. The lowest BCUT2D eigenvalue weighted by atomic mass is 10.1. The fraction of sp³-hybridized carbons (Fsp3) is 0.688. The van der Waals surface area contributed by atoms with Gasteiger partial charge in [0.15, 0.2) is 5.96 Å². The van der Waals surface area contributed by atoms with E-state index < -0.39 is 0 Å².